The zero-order chi connectivity index (χ0) is 56.2. The Balaban J connectivity index is 1.67. The van der Waals surface area contributed by atoms with Crippen molar-refractivity contribution in [2.45, 2.75) is 89.2 Å². The topological polar surface area (TPSA) is 352 Å². The first-order valence-electron chi connectivity index (χ1n) is 23.6. The number of carboxylic acids is 1. The molecule has 6 rings (SSSR count). The summed E-state index contributed by atoms with van der Waals surface area (Å²) in [6.45, 7) is 4.43. The molecule has 2 heterocycles. The number of anilines is 1. The first kappa shape index (κ1) is 60.4. The second-order valence-corrected chi connectivity index (χ2v) is 25.9. The summed E-state index contributed by atoms with van der Waals surface area (Å²) in [4.78, 5) is 10.0. The lowest BCUT2D eigenvalue weighted by Gasteiger charge is -2.31. The standard InChI is InChI=1S/C48H60N2O21S5/c1-47(17-21-70-25-23-68-3)42(49(19-7-5-6-12-44(51)52)38-15-13-34-36(45(38)47)28-32(73(56,57)58)30-40(34)75(62,63)64)10-8-11-43-48(2,18-22-71-26-24-69-4)46-37-29-33(74(59,60)61)31-41(76(65,66)67)35(37)14-16-39(46)50(43)20-9-27-72(53,54)55/h8,10-11,13-16,28-31H,5-7,9,12,17-27H2,1-4H3,(H5-,51,52,53,54,55,56,57,58,59,60,61,62,63,64,65,66,67)/p+1. The molecule has 0 spiro atoms. The van der Waals surface area contributed by atoms with Gasteiger partial charge in [-0.1, -0.05) is 18.6 Å². The molecule has 0 bridgehead atoms. The van der Waals surface area contributed by atoms with Gasteiger partial charge in [0.1, 0.15) is 16.3 Å². The zero-order valence-corrected chi connectivity index (χ0v) is 46.0. The van der Waals surface area contributed by atoms with Gasteiger partial charge in [0, 0.05) is 92.1 Å². The van der Waals surface area contributed by atoms with Gasteiger partial charge < -0.3 is 29.0 Å². The van der Waals surface area contributed by atoms with E-state index in [1.165, 1.54) is 32.4 Å². The smallest absolute Gasteiger partial charge is 0.303 e. The van der Waals surface area contributed by atoms with Crippen LogP contribution in [0, 0.1) is 0 Å². The van der Waals surface area contributed by atoms with Crippen molar-refractivity contribution in [1.82, 2.24) is 0 Å². The van der Waals surface area contributed by atoms with Crippen LogP contribution < -0.4 is 4.90 Å². The molecule has 418 valence electrons. The van der Waals surface area contributed by atoms with Gasteiger partial charge in [0.25, 0.3) is 50.6 Å². The molecule has 2 atom stereocenters. The van der Waals surface area contributed by atoms with Crippen LogP contribution in [0.5, 0.6) is 0 Å². The first-order chi connectivity index (χ1) is 35.4. The fourth-order valence-electron chi connectivity index (χ4n) is 10.1. The molecule has 0 aromatic heterocycles. The van der Waals surface area contributed by atoms with Gasteiger partial charge in [-0.15, -0.1) is 0 Å². The zero-order valence-electron chi connectivity index (χ0n) is 41.9. The maximum atomic E-state index is 12.9. The number of methoxy groups -OCH3 is 2. The van der Waals surface area contributed by atoms with Crippen molar-refractivity contribution in [2.75, 3.05) is 77.6 Å². The Labute approximate surface area is 441 Å². The van der Waals surface area contributed by atoms with E-state index in [0.717, 1.165) is 12.1 Å². The highest BCUT2D eigenvalue weighted by molar-refractivity contribution is 7.87. The third-order valence-electron chi connectivity index (χ3n) is 13.6. The summed E-state index contributed by atoms with van der Waals surface area (Å²) in [5.41, 5.74) is -0.183. The van der Waals surface area contributed by atoms with Crippen molar-refractivity contribution in [1.29, 1.82) is 0 Å². The molecule has 0 aliphatic carbocycles. The van der Waals surface area contributed by atoms with Gasteiger partial charge in [0.05, 0.1) is 47.4 Å². The molecule has 4 aromatic carbocycles. The summed E-state index contributed by atoms with van der Waals surface area (Å²) in [6.07, 6.45) is 6.14. The highest BCUT2D eigenvalue weighted by Crippen LogP contribution is 2.54. The number of hydrogen-bond donors (Lipinski definition) is 6. The average molecular weight is 1160 g/mol. The molecule has 0 amide bonds. The minimum Gasteiger partial charge on any atom is -0.481 e. The number of benzene rings is 4. The average Bonchev–Trinajstić information content (AvgIpc) is 3.69. The van der Waals surface area contributed by atoms with Crippen LogP contribution in [0.1, 0.15) is 69.9 Å². The van der Waals surface area contributed by atoms with Crippen LogP contribution in [0.3, 0.4) is 0 Å². The molecule has 2 aliphatic heterocycles. The number of nitrogens with zero attached hydrogens (tertiary/aromatic N) is 2. The number of carboxylic acid groups (broad SMARTS) is 1. The fourth-order valence-corrected chi connectivity index (χ4v) is 13.3. The highest BCUT2D eigenvalue weighted by Gasteiger charge is 2.50. The number of rotatable bonds is 28. The lowest BCUT2D eigenvalue weighted by Crippen LogP contribution is -2.33. The SMILES string of the molecule is COCCOCCC1(C)C(/C=C/C=C2/N(CCCCCC(=O)O)c3ccc4c(S(=O)(=O)O)cc(S(=O)(=O)O)cc4c3C2(C)CCOCCOC)=[N+](CCCS(=O)(=O)O)c2ccc3c(S(=O)(=O)O)cc(S(=O)(=O)O)cc3c21. The molecule has 4 aromatic rings. The Morgan fingerprint density at radius 2 is 1.14 bits per heavy atom. The summed E-state index contributed by atoms with van der Waals surface area (Å²) < 4.78 is 202. The Morgan fingerprint density at radius 1 is 0.618 bits per heavy atom. The van der Waals surface area contributed by atoms with Crippen molar-refractivity contribution in [2.24, 2.45) is 0 Å². The van der Waals surface area contributed by atoms with Gasteiger partial charge in [0.15, 0.2) is 5.71 Å². The predicted octanol–water partition coefficient (Wildman–Crippen LogP) is 5.58. The monoisotopic (exact) mass is 1160 g/mol. The largest absolute Gasteiger partial charge is 0.481 e. The molecule has 23 nitrogen and oxygen atoms in total. The first-order valence-corrected chi connectivity index (χ1v) is 31.0. The molecule has 2 aliphatic rings. The van der Waals surface area contributed by atoms with Crippen molar-refractivity contribution in [3.63, 3.8) is 0 Å². The molecule has 2 unspecified atom stereocenters. The lowest BCUT2D eigenvalue weighted by molar-refractivity contribution is -0.437. The number of aliphatic carboxylic acids is 1. The molecular formula is C48H61N2O21S5+. The Kier molecular flexibility index (Phi) is 18.8. The summed E-state index contributed by atoms with van der Waals surface area (Å²) in [5.74, 6) is -1.69. The van der Waals surface area contributed by atoms with E-state index in [1.54, 1.807) is 42.7 Å². The molecule has 28 heteroatoms. The van der Waals surface area contributed by atoms with E-state index in [0.29, 0.717) is 65.3 Å². The number of fused-ring (bicyclic) bond motifs is 6. The Morgan fingerprint density at radius 3 is 1.64 bits per heavy atom. The van der Waals surface area contributed by atoms with E-state index >= 15 is 0 Å². The number of ether oxygens (including phenoxy) is 4. The van der Waals surface area contributed by atoms with Gasteiger partial charge >= 0.3 is 5.97 Å². The van der Waals surface area contributed by atoms with Crippen LogP contribution in [0.25, 0.3) is 21.5 Å². The number of allylic oxidation sites excluding steroid dienone is 4. The van der Waals surface area contributed by atoms with Gasteiger partial charge in [-0.3, -0.25) is 27.6 Å². The van der Waals surface area contributed by atoms with Crippen molar-refractivity contribution >= 4 is 95.2 Å². The maximum absolute atomic E-state index is 12.9. The molecule has 6 N–H and O–H groups in total. The van der Waals surface area contributed by atoms with E-state index < -0.39 is 92.7 Å². The van der Waals surface area contributed by atoms with Gasteiger partial charge in [0.2, 0.25) is 5.69 Å². The van der Waals surface area contributed by atoms with E-state index in [-0.39, 0.29) is 100.0 Å². The van der Waals surface area contributed by atoms with Crippen molar-refractivity contribution in [3.05, 3.63) is 83.6 Å². The fraction of sp³-hybridized carbons (Fsp3) is 0.458. The third-order valence-corrected chi connectivity index (χ3v) is 17.8. The minimum absolute atomic E-state index is 0.00635. The van der Waals surface area contributed by atoms with Gasteiger partial charge in [-0.25, -0.2) is 0 Å². The Hall–Kier alpha value is -4.79. The second-order valence-electron chi connectivity index (χ2n) is 18.7. The lowest BCUT2D eigenvalue weighted by atomic mass is 9.74. The summed E-state index contributed by atoms with van der Waals surface area (Å²) in [6, 6.07) is 9.23. The highest BCUT2D eigenvalue weighted by atomic mass is 32.2. The van der Waals surface area contributed by atoms with Crippen LogP contribution in [0.15, 0.2) is 92.0 Å². The molecule has 76 heavy (non-hydrogen) atoms. The second kappa shape index (κ2) is 23.7. The molecule has 0 fully saturated rings. The molecular weight excluding hydrogens is 1100 g/mol. The Bertz CT molecular complexity index is 3580. The van der Waals surface area contributed by atoms with Crippen LogP contribution in [0.2, 0.25) is 0 Å². The summed E-state index contributed by atoms with van der Waals surface area (Å²) >= 11 is 0. The third kappa shape index (κ3) is 13.5. The van der Waals surface area contributed by atoms with Crippen LogP contribution in [-0.2, 0) is 85.2 Å². The van der Waals surface area contributed by atoms with Crippen LogP contribution >= 0.6 is 0 Å². The van der Waals surface area contributed by atoms with Crippen molar-refractivity contribution in [3.8, 4) is 0 Å². The number of hydrogen-bond acceptors (Lipinski definition) is 16. The van der Waals surface area contributed by atoms with Crippen LogP contribution in [0.4, 0.5) is 11.4 Å². The van der Waals surface area contributed by atoms with E-state index in [1.807, 2.05) is 4.90 Å². The maximum Gasteiger partial charge on any atom is 0.303 e. The van der Waals surface area contributed by atoms with E-state index in [2.05, 4.69) is 0 Å². The van der Waals surface area contributed by atoms with E-state index in [9.17, 15) is 74.8 Å². The minimum atomic E-state index is -5.15. The molecule has 0 saturated heterocycles. The van der Waals surface area contributed by atoms with Gasteiger partial charge in [-0.05, 0) is 98.3 Å². The predicted molar refractivity (Wildman–Crippen MR) is 278 cm³/mol. The number of carbonyl (C=O) groups is 1. The van der Waals surface area contributed by atoms with E-state index in [4.69, 9.17) is 18.9 Å². The normalized spacial score (nSPS) is 19.0. The van der Waals surface area contributed by atoms with Crippen LogP contribution in [-0.4, -0.2) is 159 Å². The summed E-state index contributed by atoms with van der Waals surface area (Å²) in [5, 5.41) is 9.18. The quantitative estimate of drug-likeness (QED) is 0.0229. The van der Waals surface area contributed by atoms with Crippen molar-refractivity contribution < 1.29 is 98.3 Å². The molecule has 0 saturated carbocycles. The molecule has 0 radical (unpaired) electrons. The summed E-state index contributed by atoms with van der Waals surface area (Å²) in [7, 11) is -22.1. The number of unbranched alkanes of at least 4 members (excludes halogenated alkanes) is 2. The van der Waals surface area contributed by atoms with Gasteiger partial charge in [-0.2, -0.15) is 46.7 Å².